The van der Waals surface area contributed by atoms with Crippen LogP contribution in [0.25, 0.3) is 0 Å². The van der Waals surface area contributed by atoms with E-state index < -0.39 is 11.7 Å². The molecule has 1 aliphatic rings. The van der Waals surface area contributed by atoms with E-state index in [9.17, 15) is 13.2 Å². The van der Waals surface area contributed by atoms with Crippen molar-refractivity contribution in [3.8, 4) is 0 Å². The summed E-state index contributed by atoms with van der Waals surface area (Å²) in [6.45, 7) is 1.06. The van der Waals surface area contributed by atoms with Gasteiger partial charge in [0.15, 0.2) is 0 Å². The van der Waals surface area contributed by atoms with Crippen LogP contribution < -0.4 is 5.32 Å². The highest BCUT2D eigenvalue weighted by Gasteiger charge is 2.33. The van der Waals surface area contributed by atoms with E-state index in [0.29, 0.717) is 13.2 Å². The Morgan fingerprint density at radius 3 is 2.74 bits per heavy atom. The van der Waals surface area contributed by atoms with Crippen LogP contribution in [0.15, 0.2) is 18.2 Å². The van der Waals surface area contributed by atoms with Crippen molar-refractivity contribution < 1.29 is 17.9 Å². The lowest BCUT2D eigenvalue weighted by molar-refractivity contribution is -0.137. The quantitative estimate of drug-likeness (QED) is 0.895. The fourth-order valence-corrected chi connectivity index (χ4v) is 2.27. The summed E-state index contributed by atoms with van der Waals surface area (Å²) in [5.41, 5.74) is -0.693. The number of ether oxygens (including phenoxy) is 1. The van der Waals surface area contributed by atoms with Gasteiger partial charge in [-0.1, -0.05) is 11.6 Å². The molecule has 0 radical (unpaired) electrons. The fraction of sp³-hybridized carbons (Fsp3) is 0.538. The third-order valence-corrected chi connectivity index (χ3v) is 3.32. The van der Waals surface area contributed by atoms with Crippen molar-refractivity contribution in [2.75, 3.05) is 18.5 Å². The largest absolute Gasteiger partial charge is 0.418 e. The maximum atomic E-state index is 12.9. The first-order valence-corrected chi connectivity index (χ1v) is 6.57. The van der Waals surface area contributed by atoms with Crippen LogP contribution in [0.1, 0.15) is 24.8 Å². The van der Waals surface area contributed by atoms with Crippen molar-refractivity contribution in [2.24, 2.45) is 0 Å². The highest BCUT2D eigenvalue weighted by Crippen LogP contribution is 2.36. The molecule has 19 heavy (non-hydrogen) atoms. The average molecular weight is 294 g/mol. The van der Waals surface area contributed by atoms with Crippen molar-refractivity contribution in [3.63, 3.8) is 0 Å². The van der Waals surface area contributed by atoms with Gasteiger partial charge in [0, 0.05) is 23.9 Å². The minimum atomic E-state index is -4.42. The normalized spacial score (nSPS) is 20.3. The van der Waals surface area contributed by atoms with E-state index in [1.807, 2.05) is 0 Å². The molecule has 0 spiro atoms. The van der Waals surface area contributed by atoms with Gasteiger partial charge in [0.05, 0.1) is 11.7 Å². The first kappa shape index (κ1) is 14.5. The molecule has 1 aromatic rings. The smallest absolute Gasteiger partial charge is 0.382 e. The zero-order chi connectivity index (χ0) is 13.9. The number of anilines is 1. The predicted octanol–water partition coefficient (Wildman–Crippen LogP) is 4.34. The van der Waals surface area contributed by atoms with E-state index in [0.717, 1.165) is 25.3 Å². The summed E-state index contributed by atoms with van der Waals surface area (Å²) in [6, 6.07) is 3.74. The summed E-state index contributed by atoms with van der Waals surface area (Å²) in [6.07, 6.45) is -1.49. The number of halogens is 4. The molecular weight excluding hydrogens is 279 g/mol. The molecule has 1 aliphatic heterocycles. The summed E-state index contributed by atoms with van der Waals surface area (Å²) in [7, 11) is 0. The maximum absolute atomic E-state index is 12.9. The third-order valence-electron chi connectivity index (χ3n) is 3.08. The number of nitrogens with one attached hydrogen (secondary N) is 1. The summed E-state index contributed by atoms with van der Waals surface area (Å²) < 4.78 is 44.1. The molecule has 0 amide bonds. The van der Waals surface area contributed by atoms with Crippen molar-refractivity contribution in [1.29, 1.82) is 0 Å². The second kappa shape index (κ2) is 6.01. The van der Waals surface area contributed by atoms with Gasteiger partial charge >= 0.3 is 6.18 Å². The molecule has 1 atom stereocenters. The number of alkyl halides is 3. The molecule has 0 bridgehead atoms. The molecule has 1 aromatic carbocycles. The average Bonchev–Trinajstić information content (AvgIpc) is 2.37. The summed E-state index contributed by atoms with van der Waals surface area (Å²) in [5.74, 6) is 0. The van der Waals surface area contributed by atoms with Gasteiger partial charge < -0.3 is 10.1 Å². The highest BCUT2D eigenvalue weighted by molar-refractivity contribution is 6.30. The topological polar surface area (TPSA) is 21.3 Å². The van der Waals surface area contributed by atoms with Crippen LogP contribution >= 0.6 is 11.6 Å². The Labute approximate surface area is 114 Å². The van der Waals surface area contributed by atoms with E-state index in [-0.39, 0.29) is 16.8 Å². The second-order valence-electron chi connectivity index (χ2n) is 4.56. The van der Waals surface area contributed by atoms with Crippen LogP contribution in [-0.2, 0) is 10.9 Å². The van der Waals surface area contributed by atoms with E-state index in [2.05, 4.69) is 5.32 Å². The van der Waals surface area contributed by atoms with Crippen molar-refractivity contribution in [2.45, 2.75) is 31.5 Å². The zero-order valence-electron chi connectivity index (χ0n) is 10.3. The fourth-order valence-electron chi connectivity index (χ4n) is 2.10. The molecular formula is C13H15ClF3NO. The van der Waals surface area contributed by atoms with Gasteiger partial charge in [-0.2, -0.15) is 13.2 Å². The summed E-state index contributed by atoms with van der Waals surface area (Å²) in [5, 5.41) is 2.89. The second-order valence-corrected chi connectivity index (χ2v) is 4.99. The van der Waals surface area contributed by atoms with E-state index in [4.69, 9.17) is 16.3 Å². The van der Waals surface area contributed by atoms with E-state index >= 15 is 0 Å². The standard InChI is InChI=1S/C13H15ClF3NO/c14-9-4-5-12(11(7-9)13(15,16)17)18-8-10-3-1-2-6-19-10/h4-5,7,10,18H,1-3,6,8H2. The maximum Gasteiger partial charge on any atom is 0.418 e. The summed E-state index contributed by atoms with van der Waals surface area (Å²) >= 11 is 5.62. The zero-order valence-corrected chi connectivity index (χ0v) is 11.0. The van der Waals surface area contributed by atoms with Crippen molar-refractivity contribution >= 4 is 17.3 Å². The third kappa shape index (κ3) is 4.01. The van der Waals surface area contributed by atoms with Crippen LogP contribution in [0.4, 0.5) is 18.9 Å². The van der Waals surface area contributed by atoms with Crippen molar-refractivity contribution in [1.82, 2.24) is 0 Å². The van der Waals surface area contributed by atoms with Gasteiger partial charge in [-0.25, -0.2) is 0 Å². The van der Waals surface area contributed by atoms with Crippen LogP contribution in [0, 0.1) is 0 Å². The predicted molar refractivity (Wildman–Crippen MR) is 68.5 cm³/mol. The van der Waals surface area contributed by atoms with Gasteiger partial charge in [0.1, 0.15) is 0 Å². The van der Waals surface area contributed by atoms with Gasteiger partial charge in [-0.15, -0.1) is 0 Å². The lowest BCUT2D eigenvalue weighted by Crippen LogP contribution is -2.27. The van der Waals surface area contributed by atoms with Gasteiger partial charge in [-0.05, 0) is 37.5 Å². The molecule has 1 fully saturated rings. The number of hydrogen-bond acceptors (Lipinski definition) is 2. The Hall–Kier alpha value is -0.940. The monoisotopic (exact) mass is 293 g/mol. The molecule has 1 heterocycles. The van der Waals surface area contributed by atoms with Crippen LogP contribution in [-0.4, -0.2) is 19.3 Å². The first-order valence-electron chi connectivity index (χ1n) is 6.19. The first-order chi connectivity index (χ1) is 8.97. The molecule has 1 saturated heterocycles. The highest BCUT2D eigenvalue weighted by atomic mass is 35.5. The van der Waals surface area contributed by atoms with Crippen molar-refractivity contribution in [3.05, 3.63) is 28.8 Å². The van der Waals surface area contributed by atoms with E-state index in [1.54, 1.807) is 0 Å². The molecule has 0 saturated carbocycles. The molecule has 0 aliphatic carbocycles. The molecule has 2 rings (SSSR count). The molecule has 1 unspecified atom stereocenters. The van der Waals surface area contributed by atoms with Gasteiger partial charge in [0.2, 0.25) is 0 Å². The number of rotatable bonds is 3. The molecule has 0 aromatic heterocycles. The molecule has 2 nitrogen and oxygen atoms in total. The van der Waals surface area contributed by atoms with Crippen LogP contribution in [0.5, 0.6) is 0 Å². The van der Waals surface area contributed by atoms with Gasteiger partial charge in [-0.3, -0.25) is 0 Å². The number of benzene rings is 1. The Morgan fingerprint density at radius 1 is 1.32 bits per heavy atom. The molecule has 106 valence electrons. The summed E-state index contributed by atoms with van der Waals surface area (Å²) in [4.78, 5) is 0. The Bertz CT molecular complexity index is 430. The van der Waals surface area contributed by atoms with Crippen LogP contribution in [0.3, 0.4) is 0 Å². The Balaban J connectivity index is 2.06. The minimum absolute atomic E-state index is 0.0227. The Morgan fingerprint density at radius 2 is 2.11 bits per heavy atom. The van der Waals surface area contributed by atoms with Gasteiger partial charge in [0.25, 0.3) is 0 Å². The number of hydrogen-bond donors (Lipinski definition) is 1. The molecule has 1 N–H and O–H groups in total. The lowest BCUT2D eigenvalue weighted by Gasteiger charge is -2.24. The SMILES string of the molecule is FC(F)(F)c1cc(Cl)ccc1NCC1CCCCO1. The lowest BCUT2D eigenvalue weighted by atomic mass is 10.1. The Kier molecular flexibility index (Phi) is 4.58. The molecule has 6 heteroatoms. The van der Waals surface area contributed by atoms with Crippen LogP contribution in [0.2, 0.25) is 5.02 Å². The van der Waals surface area contributed by atoms with E-state index in [1.165, 1.54) is 12.1 Å². The minimum Gasteiger partial charge on any atom is -0.382 e.